The van der Waals surface area contributed by atoms with E-state index in [1.54, 1.807) is 18.2 Å². The lowest BCUT2D eigenvalue weighted by molar-refractivity contribution is 0.0600. The summed E-state index contributed by atoms with van der Waals surface area (Å²) in [6, 6.07) is 4.98. The maximum Gasteiger partial charge on any atom is 0.337 e. The molecule has 0 aromatic heterocycles. The van der Waals surface area contributed by atoms with Gasteiger partial charge in [0.15, 0.2) is 5.78 Å². The van der Waals surface area contributed by atoms with Crippen LogP contribution in [0.2, 0.25) is 0 Å². The molecule has 1 aliphatic carbocycles. The fourth-order valence-electron chi connectivity index (χ4n) is 2.71. The number of hydrogen-bond acceptors (Lipinski definition) is 3. The first kappa shape index (κ1) is 16.1. The van der Waals surface area contributed by atoms with Crippen molar-refractivity contribution < 1.29 is 18.7 Å². The average Bonchev–Trinajstić information content (AvgIpc) is 2.64. The Morgan fingerprint density at radius 2 is 2.09 bits per heavy atom. The van der Waals surface area contributed by atoms with E-state index in [-0.39, 0.29) is 5.78 Å². The van der Waals surface area contributed by atoms with Gasteiger partial charge in [0.05, 0.1) is 18.5 Å². The number of rotatable bonds is 3. The lowest BCUT2D eigenvalue weighted by Crippen LogP contribution is -2.08. The van der Waals surface area contributed by atoms with E-state index < -0.39 is 11.8 Å². The molecule has 1 aromatic carbocycles. The van der Waals surface area contributed by atoms with Gasteiger partial charge in [-0.05, 0) is 50.0 Å². The number of methoxy groups -OCH3 is 1. The van der Waals surface area contributed by atoms with Crippen LogP contribution in [0.3, 0.4) is 0 Å². The van der Waals surface area contributed by atoms with Gasteiger partial charge in [-0.2, -0.15) is 0 Å². The van der Waals surface area contributed by atoms with Crippen molar-refractivity contribution in [1.29, 1.82) is 0 Å². The first-order valence-corrected chi connectivity index (χ1v) is 7.29. The van der Waals surface area contributed by atoms with Gasteiger partial charge in [0.2, 0.25) is 0 Å². The van der Waals surface area contributed by atoms with Crippen LogP contribution in [-0.2, 0) is 11.2 Å². The zero-order valence-corrected chi connectivity index (χ0v) is 13.0. The number of benzene rings is 1. The molecule has 0 radical (unpaired) electrons. The number of esters is 1. The van der Waals surface area contributed by atoms with E-state index in [0.29, 0.717) is 36.0 Å². The number of aryl methyl sites for hydroxylation is 1. The standard InChI is InChI=1S/C18H19FO3/c1-4-12-5-6-13-7-8-14(18(21)22-3)10-16(13)17(20)15(12)9-11(2)19/h7-10H,4-6H2,1-3H3/b11-9+. The van der Waals surface area contributed by atoms with Gasteiger partial charge in [0.25, 0.3) is 0 Å². The van der Waals surface area contributed by atoms with Crippen LogP contribution < -0.4 is 0 Å². The smallest absolute Gasteiger partial charge is 0.337 e. The minimum absolute atomic E-state index is 0.230. The summed E-state index contributed by atoms with van der Waals surface area (Å²) in [6.45, 7) is 3.28. The van der Waals surface area contributed by atoms with Crippen molar-refractivity contribution in [2.24, 2.45) is 0 Å². The van der Waals surface area contributed by atoms with Crippen LogP contribution in [0.15, 0.2) is 41.2 Å². The molecule has 0 aliphatic heterocycles. The molecule has 0 fully saturated rings. The van der Waals surface area contributed by atoms with Gasteiger partial charge in [-0.25, -0.2) is 9.18 Å². The number of allylic oxidation sites excluding steroid dienone is 4. The van der Waals surface area contributed by atoms with Crippen molar-refractivity contribution in [2.75, 3.05) is 7.11 Å². The van der Waals surface area contributed by atoms with Crippen LogP contribution in [0.25, 0.3) is 0 Å². The second kappa shape index (κ2) is 6.69. The molecule has 0 spiro atoms. The van der Waals surface area contributed by atoms with Crippen molar-refractivity contribution in [2.45, 2.75) is 33.1 Å². The summed E-state index contributed by atoms with van der Waals surface area (Å²) in [4.78, 5) is 24.4. The van der Waals surface area contributed by atoms with Crippen LogP contribution in [0.4, 0.5) is 4.39 Å². The predicted octanol–water partition coefficient (Wildman–Crippen LogP) is 4.18. The van der Waals surface area contributed by atoms with E-state index in [2.05, 4.69) is 0 Å². The predicted molar refractivity (Wildman–Crippen MR) is 82.6 cm³/mol. The SMILES string of the molecule is CCC1=C(/C=C(\C)F)C(=O)c2cc(C(=O)OC)ccc2CC1. The van der Waals surface area contributed by atoms with Gasteiger partial charge in [0, 0.05) is 11.1 Å². The Morgan fingerprint density at radius 3 is 2.68 bits per heavy atom. The summed E-state index contributed by atoms with van der Waals surface area (Å²) in [7, 11) is 1.30. The molecule has 0 bridgehead atoms. The summed E-state index contributed by atoms with van der Waals surface area (Å²) < 4.78 is 18.0. The third-order valence-corrected chi connectivity index (χ3v) is 3.87. The van der Waals surface area contributed by atoms with Crippen molar-refractivity contribution in [3.8, 4) is 0 Å². The molecule has 0 saturated carbocycles. The summed E-state index contributed by atoms with van der Waals surface area (Å²) in [5, 5.41) is 0. The lowest BCUT2D eigenvalue weighted by atomic mass is 9.96. The normalized spacial score (nSPS) is 15.5. The number of Topliss-reactive ketones (excluding diaryl/α,β-unsaturated/α-hetero) is 1. The van der Waals surface area contributed by atoms with Gasteiger partial charge >= 0.3 is 5.97 Å². The van der Waals surface area contributed by atoms with Crippen LogP contribution in [0.5, 0.6) is 0 Å². The van der Waals surface area contributed by atoms with Crippen molar-refractivity contribution in [1.82, 2.24) is 0 Å². The molecule has 0 saturated heterocycles. The summed E-state index contributed by atoms with van der Waals surface area (Å²) in [5.41, 5.74) is 3.01. The highest BCUT2D eigenvalue weighted by atomic mass is 19.1. The van der Waals surface area contributed by atoms with E-state index in [4.69, 9.17) is 4.74 Å². The number of carbonyl (C=O) groups excluding carboxylic acids is 2. The third-order valence-electron chi connectivity index (χ3n) is 3.87. The first-order valence-electron chi connectivity index (χ1n) is 7.29. The maximum absolute atomic E-state index is 13.3. The van der Waals surface area contributed by atoms with Gasteiger partial charge in [-0.15, -0.1) is 0 Å². The Labute approximate surface area is 129 Å². The maximum atomic E-state index is 13.3. The molecule has 2 rings (SSSR count). The highest BCUT2D eigenvalue weighted by Gasteiger charge is 2.23. The second-order valence-corrected chi connectivity index (χ2v) is 5.29. The molecule has 0 N–H and O–H groups in total. The summed E-state index contributed by atoms with van der Waals surface area (Å²) in [5.74, 6) is -1.12. The van der Waals surface area contributed by atoms with E-state index in [9.17, 15) is 14.0 Å². The molecule has 0 atom stereocenters. The second-order valence-electron chi connectivity index (χ2n) is 5.29. The monoisotopic (exact) mass is 302 g/mol. The van der Waals surface area contributed by atoms with Gasteiger partial charge in [-0.1, -0.05) is 18.6 Å². The highest BCUT2D eigenvalue weighted by molar-refractivity contribution is 6.13. The molecule has 0 heterocycles. The molecule has 1 aromatic rings. The summed E-state index contributed by atoms with van der Waals surface area (Å²) >= 11 is 0. The Kier molecular flexibility index (Phi) is 4.91. The average molecular weight is 302 g/mol. The van der Waals surface area contributed by atoms with Crippen molar-refractivity contribution >= 4 is 11.8 Å². The van der Waals surface area contributed by atoms with Gasteiger partial charge < -0.3 is 4.74 Å². The van der Waals surface area contributed by atoms with Gasteiger partial charge in [-0.3, -0.25) is 4.79 Å². The molecule has 0 unspecified atom stereocenters. The Hall–Kier alpha value is -2.23. The lowest BCUT2D eigenvalue weighted by Gasteiger charge is -2.08. The number of fused-ring (bicyclic) bond motifs is 1. The third kappa shape index (κ3) is 3.16. The minimum atomic E-state index is -0.488. The van der Waals surface area contributed by atoms with Crippen LogP contribution in [0.1, 0.15) is 53.0 Å². The molecule has 3 nitrogen and oxygen atoms in total. The Balaban J connectivity index is 2.57. The molecule has 0 amide bonds. The van der Waals surface area contributed by atoms with Crippen molar-refractivity contribution in [3.05, 3.63) is 57.9 Å². The number of hydrogen-bond donors (Lipinski definition) is 0. The molecular weight excluding hydrogens is 283 g/mol. The van der Waals surface area contributed by atoms with Crippen LogP contribution in [0, 0.1) is 0 Å². The van der Waals surface area contributed by atoms with E-state index in [1.165, 1.54) is 20.1 Å². The van der Waals surface area contributed by atoms with Gasteiger partial charge in [0.1, 0.15) is 0 Å². The van der Waals surface area contributed by atoms with E-state index in [0.717, 1.165) is 11.1 Å². The quantitative estimate of drug-likeness (QED) is 0.787. The number of halogens is 1. The summed E-state index contributed by atoms with van der Waals surface area (Å²) in [6.07, 6.45) is 3.41. The minimum Gasteiger partial charge on any atom is -0.465 e. The number of carbonyl (C=O) groups is 2. The van der Waals surface area contributed by atoms with Crippen LogP contribution in [-0.4, -0.2) is 18.9 Å². The van der Waals surface area contributed by atoms with E-state index >= 15 is 0 Å². The zero-order valence-electron chi connectivity index (χ0n) is 13.0. The number of ketones is 1. The van der Waals surface area contributed by atoms with Crippen LogP contribution >= 0.6 is 0 Å². The Morgan fingerprint density at radius 1 is 1.36 bits per heavy atom. The molecular formula is C18H19FO3. The molecule has 4 heteroatoms. The zero-order chi connectivity index (χ0) is 16.3. The topological polar surface area (TPSA) is 43.4 Å². The largest absolute Gasteiger partial charge is 0.465 e. The molecule has 116 valence electrons. The van der Waals surface area contributed by atoms with Crippen molar-refractivity contribution in [3.63, 3.8) is 0 Å². The Bertz CT molecular complexity index is 680. The number of ether oxygens (including phenoxy) is 1. The fourth-order valence-corrected chi connectivity index (χ4v) is 2.71. The molecule has 22 heavy (non-hydrogen) atoms. The highest BCUT2D eigenvalue weighted by Crippen LogP contribution is 2.29. The fraction of sp³-hybridized carbons (Fsp3) is 0.333. The molecule has 1 aliphatic rings. The first-order chi connectivity index (χ1) is 10.5. The van der Waals surface area contributed by atoms with E-state index in [1.807, 2.05) is 6.92 Å².